The van der Waals surface area contributed by atoms with Crippen molar-refractivity contribution in [3.8, 4) is 17.0 Å². The molecule has 3 aromatic rings. The first-order valence-electron chi connectivity index (χ1n) is 8.85. The molecule has 0 fully saturated rings. The van der Waals surface area contributed by atoms with Gasteiger partial charge >= 0.3 is 0 Å². The van der Waals surface area contributed by atoms with E-state index in [1.165, 1.54) is 11.6 Å². The average Bonchev–Trinajstić information content (AvgIpc) is 2.66. The first-order valence-corrected chi connectivity index (χ1v) is 8.85. The van der Waals surface area contributed by atoms with E-state index in [2.05, 4.69) is 56.9 Å². The zero-order valence-corrected chi connectivity index (χ0v) is 16.2. The van der Waals surface area contributed by atoms with Crippen molar-refractivity contribution in [3.05, 3.63) is 66.7 Å². The number of benzene rings is 2. The highest BCUT2D eigenvalue weighted by Crippen LogP contribution is 2.32. The highest BCUT2D eigenvalue weighted by Gasteiger charge is 2.14. The van der Waals surface area contributed by atoms with E-state index >= 15 is 0 Å². The van der Waals surface area contributed by atoms with Gasteiger partial charge in [0.15, 0.2) is 0 Å². The number of aromatic nitrogens is 1. The van der Waals surface area contributed by atoms with Crippen LogP contribution in [0.2, 0.25) is 0 Å². The van der Waals surface area contributed by atoms with Gasteiger partial charge in [0.1, 0.15) is 5.75 Å². The number of hydrogen-bond acceptors (Lipinski definition) is 3. The van der Waals surface area contributed by atoms with E-state index in [1.54, 1.807) is 7.11 Å². The molecule has 1 N–H and O–H groups in total. The Morgan fingerprint density at radius 3 is 2.41 bits per heavy atom. The Kier molecular flexibility index (Phi) is 5.00. The summed E-state index contributed by atoms with van der Waals surface area (Å²) >= 11 is 0. The topological polar surface area (TPSA) is 51.2 Å². The molecule has 0 aliphatic heterocycles. The third kappa shape index (κ3) is 4.00. The number of carbonyl (C=O) groups excluding carboxylic acids is 1. The summed E-state index contributed by atoms with van der Waals surface area (Å²) in [6.45, 7) is 10.1. The van der Waals surface area contributed by atoms with Crippen LogP contribution in [-0.2, 0) is 10.2 Å². The van der Waals surface area contributed by atoms with Crippen LogP contribution in [-0.4, -0.2) is 18.0 Å². The van der Waals surface area contributed by atoms with Crippen LogP contribution in [0.3, 0.4) is 0 Å². The number of amides is 1. The lowest BCUT2D eigenvalue weighted by atomic mass is 9.86. The third-order valence-corrected chi connectivity index (χ3v) is 4.49. The van der Waals surface area contributed by atoms with E-state index in [-0.39, 0.29) is 11.3 Å². The van der Waals surface area contributed by atoms with Gasteiger partial charge in [-0.2, -0.15) is 0 Å². The van der Waals surface area contributed by atoms with Crippen molar-refractivity contribution in [1.29, 1.82) is 0 Å². The van der Waals surface area contributed by atoms with Crippen molar-refractivity contribution in [1.82, 2.24) is 4.98 Å². The fraction of sp³-hybridized carbons (Fsp3) is 0.217. The van der Waals surface area contributed by atoms with Gasteiger partial charge < -0.3 is 10.1 Å². The molecule has 0 saturated carbocycles. The van der Waals surface area contributed by atoms with E-state index in [9.17, 15) is 4.79 Å². The molecule has 0 aliphatic carbocycles. The predicted molar refractivity (Wildman–Crippen MR) is 111 cm³/mol. The molecule has 1 aromatic heterocycles. The molecule has 0 bridgehead atoms. The SMILES string of the molecule is C=CC(=O)Nc1ccc2c(OC)cc(-c3ccc(C(C)(C)C)cc3)nc2c1. The van der Waals surface area contributed by atoms with Gasteiger partial charge in [-0.25, -0.2) is 4.98 Å². The quantitative estimate of drug-likeness (QED) is 0.640. The van der Waals surface area contributed by atoms with Gasteiger partial charge in [0.2, 0.25) is 5.91 Å². The van der Waals surface area contributed by atoms with Gasteiger partial charge in [0.25, 0.3) is 0 Å². The van der Waals surface area contributed by atoms with Crippen molar-refractivity contribution in [2.24, 2.45) is 0 Å². The number of nitrogens with one attached hydrogen (secondary N) is 1. The van der Waals surface area contributed by atoms with Crippen LogP contribution in [0.25, 0.3) is 22.2 Å². The van der Waals surface area contributed by atoms with E-state index in [4.69, 9.17) is 9.72 Å². The van der Waals surface area contributed by atoms with E-state index in [1.807, 2.05) is 24.3 Å². The third-order valence-electron chi connectivity index (χ3n) is 4.49. The van der Waals surface area contributed by atoms with Crippen molar-refractivity contribution in [2.45, 2.75) is 26.2 Å². The Labute approximate surface area is 159 Å². The minimum atomic E-state index is -0.254. The fourth-order valence-electron chi connectivity index (χ4n) is 2.93. The average molecular weight is 360 g/mol. The van der Waals surface area contributed by atoms with Crippen molar-refractivity contribution < 1.29 is 9.53 Å². The summed E-state index contributed by atoms with van der Waals surface area (Å²) in [5.74, 6) is 0.492. The fourth-order valence-corrected chi connectivity index (χ4v) is 2.93. The highest BCUT2D eigenvalue weighted by atomic mass is 16.5. The number of ether oxygens (including phenoxy) is 1. The number of methoxy groups -OCH3 is 1. The zero-order valence-electron chi connectivity index (χ0n) is 16.2. The summed E-state index contributed by atoms with van der Waals surface area (Å²) in [7, 11) is 1.65. The summed E-state index contributed by atoms with van der Waals surface area (Å²) in [6.07, 6.45) is 1.24. The van der Waals surface area contributed by atoms with Gasteiger partial charge in [-0.05, 0) is 35.3 Å². The summed E-state index contributed by atoms with van der Waals surface area (Å²) in [4.78, 5) is 16.3. The molecule has 0 spiro atoms. The number of rotatable bonds is 4. The molecule has 27 heavy (non-hydrogen) atoms. The normalized spacial score (nSPS) is 11.3. The van der Waals surface area contributed by atoms with Crippen molar-refractivity contribution in [3.63, 3.8) is 0 Å². The van der Waals surface area contributed by atoms with E-state index in [0.29, 0.717) is 5.69 Å². The van der Waals surface area contributed by atoms with Crippen LogP contribution >= 0.6 is 0 Å². The lowest BCUT2D eigenvalue weighted by molar-refractivity contribution is -0.111. The maximum Gasteiger partial charge on any atom is 0.247 e. The van der Waals surface area contributed by atoms with Gasteiger partial charge in [-0.1, -0.05) is 51.6 Å². The Balaban J connectivity index is 2.07. The van der Waals surface area contributed by atoms with Crippen LogP contribution in [0.1, 0.15) is 26.3 Å². The molecule has 4 heteroatoms. The van der Waals surface area contributed by atoms with Crippen LogP contribution in [0.15, 0.2) is 61.2 Å². The molecular formula is C23H24N2O2. The molecule has 0 aliphatic rings. The highest BCUT2D eigenvalue weighted by molar-refractivity contribution is 6.00. The van der Waals surface area contributed by atoms with Crippen molar-refractivity contribution in [2.75, 3.05) is 12.4 Å². The lowest BCUT2D eigenvalue weighted by Gasteiger charge is -2.19. The number of pyridine rings is 1. The molecule has 1 heterocycles. The molecule has 4 nitrogen and oxygen atoms in total. The monoisotopic (exact) mass is 360 g/mol. The minimum absolute atomic E-state index is 0.102. The molecule has 2 aromatic carbocycles. The number of anilines is 1. The predicted octanol–water partition coefficient (Wildman–Crippen LogP) is 5.33. The number of carbonyl (C=O) groups is 1. The molecule has 1 amide bonds. The van der Waals surface area contributed by atoms with Gasteiger partial charge in [0, 0.05) is 22.7 Å². The van der Waals surface area contributed by atoms with Crippen LogP contribution < -0.4 is 10.1 Å². The summed E-state index contributed by atoms with van der Waals surface area (Å²) < 4.78 is 5.57. The largest absolute Gasteiger partial charge is 0.496 e. The zero-order chi connectivity index (χ0) is 19.6. The van der Waals surface area contributed by atoms with Gasteiger partial charge in [-0.15, -0.1) is 0 Å². The van der Waals surface area contributed by atoms with Crippen LogP contribution in [0.4, 0.5) is 5.69 Å². The van der Waals surface area contributed by atoms with Gasteiger partial charge in [0.05, 0.1) is 18.3 Å². The minimum Gasteiger partial charge on any atom is -0.496 e. The first kappa shape index (κ1) is 18.6. The second kappa shape index (κ2) is 7.23. The molecule has 0 saturated heterocycles. The maximum atomic E-state index is 11.6. The standard InChI is InChI=1S/C23H24N2O2/c1-6-22(26)24-17-11-12-18-20(13-17)25-19(14-21(18)27-5)15-7-9-16(10-8-15)23(2,3)4/h6-14H,1H2,2-5H3,(H,24,26). The van der Waals surface area contributed by atoms with Crippen LogP contribution in [0.5, 0.6) is 5.75 Å². The Bertz CT molecular complexity index is 999. The van der Waals surface area contributed by atoms with Gasteiger partial charge in [-0.3, -0.25) is 4.79 Å². The molecule has 0 atom stereocenters. The van der Waals surface area contributed by atoms with E-state index in [0.717, 1.165) is 27.9 Å². The number of nitrogens with zero attached hydrogens (tertiary/aromatic N) is 1. The lowest BCUT2D eigenvalue weighted by Crippen LogP contribution is -2.10. The summed E-state index contributed by atoms with van der Waals surface area (Å²) in [5, 5.41) is 3.66. The molecule has 138 valence electrons. The van der Waals surface area contributed by atoms with Crippen LogP contribution in [0, 0.1) is 0 Å². The Morgan fingerprint density at radius 1 is 1.11 bits per heavy atom. The Hall–Kier alpha value is -3.14. The van der Waals surface area contributed by atoms with E-state index < -0.39 is 0 Å². The molecular weight excluding hydrogens is 336 g/mol. The molecule has 0 unspecified atom stereocenters. The molecule has 3 rings (SSSR count). The molecule has 0 radical (unpaired) electrons. The maximum absolute atomic E-state index is 11.6. The second-order valence-electron chi connectivity index (χ2n) is 7.46. The Morgan fingerprint density at radius 2 is 1.81 bits per heavy atom. The smallest absolute Gasteiger partial charge is 0.247 e. The van der Waals surface area contributed by atoms with Crippen molar-refractivity contribution >= 4 is 22.5 Å². The summed E-state index contributed by atoms with van der Waals surface area (Å²) in [5.41, 5.74) is 4.64. The second-order valence-corrected chi connectivity index (χ2v) is 7.46. The number of hydrogen-bond donors (Lipinski definition) is 1. The number of fused-ring (bicyclic) bond motifs is 1. The first-order chi connectivity index (χ1) is 12.8. The summed E-state index contributed by atoms with van der Waals surface area (Å²) in [6, 6.07) is 15.9.